The van der Waals surface area contributed by atoms with Crippen LogP contribution in [-0.4, -0.2) is 28.6 Å². The van der Waals surface area contributed by atoms with Crippen molar-refractivity contribution in [1.82, 2.24) is 9.47 Å². The summed E-state index contributed by atoms with van der Waals surface area (Å²) in [5.74, 6) is 2.17. The van der Waals surface area contributed by atoms with Crippen LogP contribution in [-0.2, 0) is 6.54 Å². The van der Waals surface area contributed by atoms with Gasteiger partial charge in [0.2, 0.25) is 0 Å². The molecule has 2 aliphatic heterocycles. The highest BCUT2D eigenvalue weighted by Gasteiger charge is 2.37. The Morgan fingerprint density at radius 1 is 1.05 bits per heavy atom. The van der Waals surface area contributed by atoms with Crippen molar-refractivity contribution in [2.75, 3.05) is 13.1 Å². The van der Waals surface area contributed by atoms with Crippen LogP contribution in [0.3, 0.4) is 0 Å². The summed E-state index contributed by atoms with van der Waals surface area (Å²) < 4.78 is 2.04. The zero-order valence-electron chi connectivity index (χ0n) is 13.0. The zero-order chi connectivity index (χ0) is 14.4. The van der Waals surface area contributed by atoms with E-state index in [1.165, 1.54) is 50.9 Å². The first-order valence-corrected chi connectivity index (χ1v) is 8.64. The summed E-state index contributed by atoms with van der Waals surface area (Å²) in [5, 5.41) is 0. The van der Waals surface area contributed by atoms with Crippen molar-refractivity contribution in [3.05, 3.63) is 34.2 Å². The summed E-state index contributed by atoms with van der Waals surface area (Å²) in [7, 11) is 0. The van der Waals surface area contributed by atoms with Gasteiger partial charge in [0.1, 0.15) is 0 Å². The average molecular weight is 286 g/mol. The average Bonchev–Trinajstić information content (AvgIpc) is 2.49. The number of hydrogen-bond acceptors (Lipinski definition) is 2. The lowest BCUT2D eigenvalue weighted by Gasteiger charge is -2.47. The maximum Gasteiger partial charge on any atom is 0.250 e. The van der Waals surface area contributed by atoms with Crippen LogP contribution in [0.25, 0.3) is 0 Å². The maximum absolute atomic E-state index is 12.1. The monoisotopic (exact) mass is 286 g/mol. The molecule has 1 aromatic heterocycles. The van der Waals surface area contributed by atoms with E-state index in [-0.39, 0.29) is 5.56 Å². The Labute approximate surface area is 127 Å². The summed E-state index contributed by atoms with van der Waals surface area (Å²) in [6.07, 6.45) is 6.83. The van der Waals surface area contributed by atoms with Crippen molar-refractivity contribution in [2.45, 2.75) is 57.5 Å². The first kappa shape index (κ1) is 13.6. The molecule has 0 amide bonds. The van der Waals surface area contributed by atoms with Crippen molar-refractivity contribution in [3.8, 4) is 0 Å². The van der Waals surface area contributed by atoms with Gasteiger partial charge in [0.05, 0.1) is 0 Å². The predicted octanol–water partition coefficient (Wildman–Crippen LogP) is 2.85. The zero-order valence-corrected chi connectivity index (χ0v) is 13.0. The Morgan fingerprint density at radius 2 is 1.86 bits per heavy atom. The Bertz CT molecular complexity index is 571. The maximum atomic E-state index is 12.1. The molecule has 0 radical (unpaired) electrons. The smallest absolute Gasteiger partial charge is 0.250 e. The number of aromatic nitrogens is 1. The van der Waals surface area contributed by atoms with Crippen LogP contribution in [0, 0.1) is 11.8 Å². The molecule has 114 valence electrons. The van der Waals surface area contributed by atoms with Crippen LogP contribution in [0.5, 0.6) is 0 Å². The molecule has 2 bridgehead atoms. The number of nitrogens with zero attached hydrogens (tertiary/aromatic N) is 2. The molecule has 0 aromatic carbocycles. The Hall–Kier alpha value is -1.09. The number of piperidine rings is 1. The topological polar surface area (TPSA) is 25.2 Å². The summed E-state index contributed by atoms with van der Waals surface area (Å²) >= 11 is 0. The van der Waals surface area contributed by atoms with Gasteiger partial charge in [0, 0.05) is 43.4 Å². The van der Waals surface area contributed by atoms with Crippen molar-refractivity contribution in [2.24, 2.45) is 11.8 Å². The molecule has 3 heteroatoms. The van der Waals surface area contributed by atoms with Crippen LogP contribution >= 0.6 is 0 Å². The molecule has 1 saturated heterocycles. The highest BCUT2D eigenvalue weighted by Crippen LogP contribution is 2.38. The molecule has 1 aromatic rings. The third-order valence-electron chi connectivity index (χ3n) is 6.01. The molecule has 2 fully saturated rings. The molecular formula is C18H26N2O. The standard InChI is InChI=1S/C18H26N2O/c1-13-5-7-16(8-6-13)19-10-14-9-15(12-19)17-3-2-4-18(21)20(17)11-14/h2-4,13-16H,5-12H2,1H3/t13?,14-,15+,16?/m1/s1. The number of pyridine rings is 1. The normalized spacial score (nSPS) is 36.2. The first-order valence-electron chi connectivity index (χ1n) is 8.64. The van der Waals surface area contributed by atoms with E-state index in [9.17, 15) is 4.79 Å². The van der Waals surface area contributed by atoms with Crippen LogP contribution in [0.15, 0.2) is 23.0 Å². The van der Waals surface area contributed by atoms with E-state index < -0.39 is 0 Å². The molecule has 3 heterocycles. The summed E-state index contributed by atoms with van der Waals surface area (Å²) in [5.41, 5.74) is 1.48. The van der Waals surface area contributed by atoms with Gasteiger partial charge in [0.25, 0.3) is 5.56 Å². The number of rotatable bonds is 1. The minimum Gasteiger partial charge on any atom is -0.312 e. The van der Waals surface area contributed by atoms with Gasteiger partial charge >= 0.3 is 0 Å². The van der Waals surface area contributed by atoms with Crippen molar-refractivity contribution >= 4 is 0 Å². The van der Waals surface area contributed by atoms with Crippen LogP contribution in [0.1, 0.15) is 50.6 Å². The van der Waals surface area contributed by atoms with Crippen molar-refractivity contribution < 1.29 is 0 Å². The van der Waals surface area contributed by atoms with E-state index in [1.54, 1.807) is 6.07 Å². The van der Waals surface area contributed by atoms with Crippen LogP contribution < -0.4 is 5.56 Å². The summed E-state index contributed by atoms with van der Waals surface area (Å²) in [6, 6.07) is 6.63. The van der Waals surface area contributed by atoms with Crippen molar-refractivity contribution in [1.29, 1.82) is 0 Å². The third-order valence-corrected chi connectivity index (χ3v) is 6.01. The van der Waals surface area contributed by atoms with E-state index >= 15 is 0 Å². The minimum atomic E-state index is 0.196. The second-order valence-electron chi connectivity index (χ2n) is 7.57. The molecule has 1 aliphatic carbocycles. The largest absolute Gasteiger partial charge is 0.312 e. The SMILES string of the molecule is CC1CCC(N2C[C@H]3C[C@@H](C2)c2cccc(=O)n2C3)CC1. The number of fused-ring (bicyclic) bond motifs is 4. The highest BCUT2D eigenvalue weighted by molar-refractivity contribution is 5.17. The summed E-state index contributed by atoms with van der Waals surface area (Å²) in [4.78, 5) is 14.8. The summed E-state index contributed by atoms with van der Waals surface area (Å²) in [6.45, 7) is 5.70. The third kappa shape index (κ3) is 2.46. The van der Waals surface area contributed by atoms with Gasteiger partial charge in [-0.25, -0.2) is 0 Å². The fourth-order valence-corrected chi connectivity index (χ4v) is 4.84. The quantitative estimate of drug-likeness (QED) is 0.793. The molecule has 3 aliphatic rings. The first-order chi connectivity index (χ1) is 10.2. The molecule has 4 rings (SSSR count). The minimum absolute atomic E-state index is 0.196. The molecule has 0 unspecified atom stereocenters. The fraction of sp³-hybridized carbons (Fsp3) is 0.722. The van der Waals surface area contributed by atoms with Crippen LogP contribution in [0.2, 0.25) is 0 Å². The second-order valence-corrected chi connectivity index (χ2v) is 7.57. The highest BCUT2D eigenvalue weighted by atomic mass is 16.1. The molecule has 21 heavy (non-hydrogen) atoms. The molecule has 2 atom stereocenters. The molecule has 0 N–H and O–H groups in total. The van der Waals surface area contributed by atoms with E-state index in [0.717, 1.165) is 18.5 Å². The van der Waals surface area contributed by atoms with Gasteiger partial charge in [0.15, 0.2) is 0 Å². The molecule has 0 spiro atoms. The van der Waals surface area contributed by atoms with E-state index in [4.69, 9.17) is 0 Å². The van der Waals surface area contributed by atoms with E-state index in [0.29, 0.717) is 11.8 Å². The van der Waals surface area contributed by atoms with Gasteiger partial charge in [-0.15, -0.1) is 0 Å². The Balaban J connectivity index is 1.55. The number of hydrogen-bond donors (Lipinski definition) is 0. The lowest BCUT2D eigenvalue weighted by Crippen LogP contribution is -2.51. The van der Waals surface area contributed by atoms with Crippen molar-refractivity contribution in [3.63, 3.8) is 0 Å². The number of likely N-dealkylation sites (tertiary alicyclic amines) is 1. The van der Waals surface area contributed by atoms with Gasteiger partial charge in [-0.05, 0) is 50.0 Å². The Morgan fingerprint density at radius 3 is 2.67 bits per heavy atom. The second kappa shape index (κ2) is 5.28. The lowest BCUT2D eigenvalue weighted by atomic mass is 9.80. The van der Waals surface area contributed by atoms with Gasteiger partial charge in [-0.2, -0.15) is 0 Å². The van der Waals surface area contributed by atoms with Gasteiger partial charge in [-0.1, -0.05) is 13.0 Å². The fourth-order valence-electron chi connectivity index (χ4n) is 4.84. The molecular weight excluding hydrogens is 260 g/mol. The molecule has 3 nitrogen and oxygen atoms in total. The van der Waals surface area contributed by atoms with E-state index in [1.807, 2.05) is 10.6 Å². The van der Waals surface area contributed by atoms with Gasteiger partial charge in [-0.3, -0.25) is 9.69 Å². The van der Waals surface area contributed by atoms with E-state index in [2.05, 4.69) is 17.9 Å². The molecule has 1 saturated carbocycles. The lowest BCUT2D eigenvalue weighted by molar-refractivity contribution is 0.0583. The van der Waals surface area contributed by atoms with Gasteiger partial charge < -0.3 is 4.57 Å². The predicted molar refractivity (Wildman–Crippen MR) is 84.5 cm³/mol. The Kier molecular flexibility index (Phi) is 3.41. The van der Waals surface area contributed by atoms with Crippen LogP contribution in [0.4, 0.5) is 0 Å².